The van der Waals surface area contributed by atoms with Crippen molar-refractivity contribution in [1.82, 2.24) is 4.98 Å². The second kappa shape index (κ2) is 5.44. The molecule has 0 aliphatic carbocycles. The Bertz CT molecular complexity index is 300. The lowest BCUT2D eigenvalue weighted by Crippen LogP contribution is -2.10. The summed E-state index contributed by atoms with van der Waals surface area (Å²) in [6.45, 7) is 0.501. The Kier molecular flexibility index (Phi) is 4.19. The van der Waals surface area contributed by atoms with Gasteiger partial charge in [-0.2, -0.15) is 0 Å². The van der Waals surface area contributed by atoms with E-state index in [2.05, 4.69) is 15.0 Å². The molecule has 76 valence electrons. The Morgan fingerprint density at radius 1 is 1.64 bits per heavy atom. The van der Waals surface area contributed by atoms with Crippen LogP contribution in [-0.4, -0.2) is 24.6 Å². The maximum atomic E-state index is 10.8. The van der Waals surface area contributed by atoms with Crippen LogP contribution in [0.1, 0.15) is 6.42 Å². The Labute approximate surface area is 87.2 Å². The summed E-state index contributed by atoms with van der Waals surface area (Å²) >= 11 is 5.65. The number of esters is 1. The van der Waals surface area contributed by atoms with Crippen molar-refractivity contribution in [3.63, 3.8) is 0 Å². The molecule has 1 aromatic heterocycles. The molecule has 0 saturated heterocycles. The van der Waals surface area contributed by atoms with Crippen LogP contribution in [0.3, 0.4) is 0 Å². The molecule has 4 nitrogen and oxygen atoms in total. The summed E-state index contributed by atoms with van der Waals surface area (Å²) in [6.07, 6.45) is 1.86. The van der Waals surface area contributed by atoms with E-state index >= 15 is 0 Å². The Morgan fingerprint density at radius 3 is 3.00 bits per heavy atom. The smallest absolute Gasteiger partial charge is 0.307 e. The van der Waals surface area contributed by atoms with Crippen molar-refractivity contribution in [3.05, 3.63) is 23.4 Å². The predicted octanol–water partition coefficient (Wildman–Crippen LogP) is 1.71. The maximum absolute atomic E-state index is 10.8. The Morgan fingerprint density at radius 2 is 2.43 bits per heavy atom. The first kappa shape index (κ1) is 10.8. The highest BCUT2D eigenvalue weighted by molar-refractivity contribution is 6.30. The van der Waals surface area contributed by atoms with E-state index in [-0.39, 0.29) is 5.97 Å². The zero-order valence-electron chi connectivity index (χ0n) is 7.79. The molecular weight excluding hydrogens is 204 g/mol. The number of halogens is 1. The van der Waals surface area contributed by atoms with Gasteiger partial charge >= 0.3 is 5.97 Å². The summed E-state index contributed by atoms with van der Waals surface area (Å²) in [5.74, 6) is 0.449. The zero-order chi connectivity index (χ0) is 10.4. The first-order valence-corrected chi connectivity index (χ1v) is 4.52. The lowest BCUT2D eigenvalue weighted by Gasteiger charge is -2.03. The average molecular weight is 215 g/mol. The van der Waals surface area contributed by atoms with Gasteiger partial charge in [-0.3, -0.25) is 4.79 Å². The number of methoxy groups -OCH3 is 1. The van der Waals surface area contributed by atoms with Crippen molar-refractivity contribution in [2.45, 2.75) is 6.42 Å². The number of carbonyl (C=O) groups excluding carboxylic acids is 1. The van der Waals surface area contributed by atoms with Crippen LogP contribution in [0.25, 0.3) is 0 Å². The molecular formula is C9H11ClN2O2. The van der Waals surface area contributed by atoms with Crippen LogP contribution in [-0.2, 0) is 9.53 Å². The molecule has 0 aromatic carbocycles. The molecule has 0 unspecified atom stereocenters. The van der Waals surface area contributed by atoms with Gasteiger partial charge in [0, 0.05) is 12.7 Å². The van der Waals surface area contributed by atoms with Crippen LogP contribution in [0.5, 0.6) is 0 Å². The molecule has 0 saturated carbocycles. The molecule has 0 amide bonds. The first-order chi connectivity index (χ1) is 6.72. The topological polar surface area (TPSA) is 51.2 Å². The molecule has 0 spiro atoms. The number of carbonyl (C=O) groups is 1. The molecule has 0 aliphatic heterocycles. The van der Waals surface area contributed by atoms with Gasteiger partial charge in [0.1, 0.15) is 5.82 Å². The van der Waals surface area contributed by atoms with E-state index in [9.17, 15) is 4.79 Å². The fourth-order valence-corrected chi connectivity index (χ4v) is 0.987. The van der Waals surface area contributed by atoms with Crippen molar-refractivity contribution in [3.8, 4) is 0 Å². The molecule has 0 bridgehead atoms. The van der Waals surface area contributed by atoms with E-state index in [0.29, 0.717) is 23.8 Å². The van der Waals surface area contributed by atoms with Crippen LogP contribution < -0.4 is 5.32 Å². The van der Waals surface area contributed by atoms with Crippen molar-refractivity contribution < 1.29 is 9.53 Å². The SMILES string of the molecule is COC(=O)CCNc1ccc(Cl)cn1. The summed E-state index contributed by atoms with van der Waals surface area (Å²) in [7, 11) is 1.36. The van der Waals surface area contributed by atoms with E-state index in [1.54, 1.807) is 18.3 Å². The van der Waals surface area contributed by atoms with Crippen LogP contribution >= 0.6 is 11.6 Å². The molecule has 1 rings (SSSR count). The minimum Gasteiger partial charge on any atom is -0.469 e. The lowest BCUT2D eigenvalue weighted by atomic mass is 10.4. The quantitative estimate of drug-likeness (QED) is 0.776. The van der Waals surface area contributed by atoms with Crippen LogP contribution in [0.15, 0.2) is 18.3 Å². The number of aromatic nitrogens is 1. The highest BCUT2D eigenvalue weighted by Gasteiger charge is 1.99. The van der Waals surface area contributed by atoms with Crippen molar-refractivity contribution in [2.24, 2.45) is 0 Å². The van der Waals surface area contributed by atoms with Crippen LogP contribution in [0.2, 0.25) is 5.02 Å². The minimum atomic E-state index is -0.244. The summed E-state index contributed by atoms with van der Waals surface area (Å²) in [6, 6.07) is 3.48. The van der Waals surface area contributed by atoms with Gasteiger partial charge in [-0.1, -0.05) is 11.6 Å². The van der Waals surface area contributed by atoms with E-state index < -0.39 is 0 Å². The molecule has 0 radical (unpaired) electrons. The standard InChI is InChI=1S/C9H11ClN2O2/c1-14-9(13)4-5-11-8-3-2-7(10)6-12-8/h2-3,6H,4-5H2,1H3,(H,11,12). The van der Waals surface area contributed by atoms with Gasteiger partial charge < -0.3 is 10.1 Å². The van der Waals surface area contributed by atoms with Crippen molar-refractivity contribution in [2.75, 3.05) is 19.0 Å². The highest BCUT2D eigenvalue weighted by atomic mass is 35.5. The fourth-order valence-electron chi connectivity index (χ4n) is 0.875. The van der Waals surface area contributed by atoms with Gasteiger partial charge in [-0.05, 0) is 12.1 Å². The van der Waals surface area contributed by atoms with E-state index in [1.807, 2.05) is 0 Å². The maximum Gasteiger partial charge on any atom is 0.307 e. The molecule has 1 aromatic rings. The minimum absolute atomic E-state index is 0.244. The van der Waals surface area contributed by atoms with Crippen molar-refractivity contribution >= 4 is 23.4 Å². The lowest BCUT2D eigenvalue weighted by molar-refractivity contribution is -0.140. The van der Waals surface area contributed by atoms with Crippen molar-refractivity contribution in [1.29, 1.82) is 0 Å². The number of rotatable bonds is 4. The molecule has 0 aliphatic rings. The number of nitrogens with zero attached hydrogens (tertiary/aromatic N) is 1. The number of hydrogen-bond donors (Lipinski definition) is 1. The third-order valence-corrected chi connectivity index (χ3v) is 1.81. The molecule has 0 fully saturated rings. The van der Waals surface area contributed by atoms with Crippen LogP contribution in [0.4, 0.5) is 5.82 Å². The Balaban J connectivity index is 2.31. The second-order valence-corrected chi connectivity index (χ2v) is 3.05. The molecule has 14 heavy (non-hydrogen) atoms. The van der Waals surface area contributed by atoms with Gasteiger partial charge in [0.15, 0.2) is 0 Å². The van der Waals surface area contributed by atoms with E-state index in [1.165, 1.54) is 7.11 Å². The molecule has 1 N–H and O–H groups in total. The van der Waals surface area contributed by atoms with Crippen LogP contribution in [0, 0.1) is 0 Å². The van der Waals surface area contributed by atoms with Gasteiger partial charge in [0.05, 0.1) is 18.6 Å². The number of hydrogen-bond acceptors (Lipinski definition) is 4. The molecule has 5 heteroatoms. The number of ether oxygens (including phenoxy) is 1. The summed E-state index contributed by atoms with van der Waals surface area (Å²) < 4.78 is 4.49. The van der Waals surface area contributed by atoms with Gasteiger partial charge in [0.25, 0.3) is 0 Å². The summed E-state index contributed by atoms with van der Waals surface area (Å²) in [5.41, 5.74) is 0. The number of nitrogens with one attached hydrogen (secondary N) is 1. The number of pyridine rings is 1. The highest BCUT2D eigenvalue weighted by Crippen LogP contribution is 2.09. The second-order valence-electron chi connectivity index (χ2n) is 2.61. The fraction of sp³-hybridized carbons (Fsp3) is 0.333. The summed E-state index contributed by atoms with van der Waals surface area (Å²) in [5, 5.41) is 3.55. The third-order valence-electron chi connectivity index (χ3n) is 1.59. The Hall–Kier alpha value is -1.29. The molecule has 1 heterocycles. The number of anilines is 1. The largest absolute Gasteiger partial charge is 0.469 e. The van der Waals surface area contributed by atoms with E-state index in [4.69, 9.17) is 11.6 Å². The van der Waals surface area contributed by atoms with Gasteiger partial charge in [0.2, 0.25) is 0 Å². The zero-order valence-corrected chi connectivity index (χ0v) is 8.54. The predicted molar refractivity (Wildman–Crippen MR) is 54.4 cm³/mol. The average Bonchev–Trinajstić information content (AvgIpc) is 2.21. The van der Waals surface area contributed by atoms with Gasteiger partial charge in [-0.25, -0.2) is 4.98 Å². The summed E-state index contributed by atoms with van der Waals surface area (Å²) in [4.78, 5) is 14.8. The first-order valence-electron chi connectivity index (χ1n) is 4.14. The monoisotopic (exact) mass is 214 g/mol. The third kappa shape index (κ3) is 3.62. The molecule has 0 atom stereocenters. The van der Waals surface area contributed by atoms with Gasteiger partial charge in [-0.15, -0.1) is 0 Å². The van der Waals surface area contributed by atoms with E-state index in [0.717, 1.165) is 0 Å². The normalized spacial score (nSPS) is 9.57.